The Hall–Kier alpha value is -2.64. The molecule has 1 saturated heterocycles. The number of likely N-dealkylation sites (tertiary alicyclic amines) is 1. The maximum Gasteiger partial charge on any atom is 0.340 e. The second-order valence-electron chi connectivity index (χ2n) is 5.44. The van der Waals surface area contributed by atoms with Crippen LogP contribution in [0.15, 0.2) is 23.0 Å². The van der Waals surface area contributed by atoms with Crippen LogP contribution in [0.3, 0.4) is 0 Å². The van der Waals surface area contributed by atoms with E-state index in [0.29, 0.717) is 24.7 Å². The minimum absolute atomic E-state index is 0.0453. The Bertz CT molecular complexity index is 722. The molecule has 0 saturated carbocycles. The molecule has 22 heavy (non-hydrogen) atoms. The van der Waals surface area contributed by atoms with Gasteiger partial charge in [0, 0.05) is 24.7 Å². The number of amides is 2. The molecule has 8 heteroatoms. The number of aryl methyl sites for hydroxylation is 1. The Kier molecular flexibility index (Phi) is 3.90. The molecule has 0 unspecified atom stereocenters. The van der Waals surface area contributed by atoms with Crippen LogP contribution in [0.1, 0.15) is 30.3 Å². The van der Waals surface area contributed by atoms with E-state index in [9.17, 15) is 9.59 Å². The Labute approximate surface area is 127 Å². The number of hydrogen-bond donors (Lipinski definition) is 3. The van der Waals surface area contributed by atoms with Gasteiger partial charge in [-0.25, -0.2) is 19.7 Å². The molecule has 0 radical (unpaired) electrons. The van der Waals surface area contributed by atoms with Gasteiger partial charge in [-0.15, -0.1) is 0 Å². The molecule has 2 aromatic rings. The normalized spacial score (nSPS) is 18.2. The first-order chi connectivity index (χ1) is 10.6. The maximum atomic E-state index is 12.3. The van der Waals surface area contributed by atoms with E-state index < -0.39 is 0 Å². The number of anilines is 1. The molecule has 1 aliphatic rings. The molecule has 2 amide bonds. The molecule has 2 aromatic heterocycles. The van der Waals surface area contributed by atoms with Crippen LogP contribution in [0, 0.1) is 6.92 Å². The zero-order valence-electron chi connectivity index (χ0n) is 12.3. The fourth-order valence-corrected chi connectivity index (χ4v) is 2.66. The standard InChI is InChI=1S/C14H18N6O2/c1-9-4-2-6-11(15-9)16-14(22)20-7-3-5-10(8-20)12-17-13(21)19-18-12/h2,4,6,10H,3,5,7-8H2,1H3,(H,15,16,22)(H2,17,18,19,21)/t10-/m1/s1. The largest absolute Gasteiger partial charge is 0.340 e. The van der Waals surface area contributed by atoms with Crippen molar-refractivity contribution in [3.8, 4) is 0 Å². The van der Waals surface area contributed by atoms with Crippen LogP contribution in [0.4, 0.5) is 10.6 Å². The Morgan fingerprint density at radius 1 is 1.45 bits per heavy atom. The zero-order valence-corrected chi connectivity index (χ0v) is 12.3. The fourth-order valence-electron chi connectivity index (χ4n) is 2.66. The highest BCUT2D eigenvalue weighted by Gasteiger charge is 2.26. The minimum atomic E-state index is -0.319. The average Bonchev–Trinajstić information content (AvgIpc) is 2.94. The van der Waals surface area contributed by atoms with Gasteiger partial charge in [0.05, 0.1) is 0 Å². The maximum absolute atomic E-state index is 12.3. The first-order valence-corrected chi connectivity index (χ1v) is 7.26. The predicted octanol–water partition coefficient (Wildman–Crippen LogP) is 1.21. The van der Waals surface area contributed by atoms with Crippen molar-refractivity contribution in [2.45, 2.75) is 25.7 Å². The molecule has 8 nitrogen and oxygen atoms in total. The van der Waals surface area contributed by atoms with E-state index in [-0.39, 0.29) is 17.6 Å². The molecule has 3 heterocycles. The lowest BCUT2D eigenvalue weighted by Crippen LogP contribution is -2.42. The van der Waals surface area contributed by atoms with Gasteiger partial charge in [0.1, 0.15) is 11.6 Å². The number of carbonyl (C=O) groups excluding carboxylic acids is 1. The number of nitrogens with zero attached hydrogens (tertiary/aromatic N) is 3. The number of carbonyl (C=O) groups is 1. The molecule has 0 bridgehead atoms. The molecule has 1 fully saturated rings. The number of piperidine rings is 1. The molecule has 1 atom stereocenters. The summed E-state index contributed by atoms with van der Waals surface area (Å²) in [6.07, 6.45) is 1.77. The number of pyridine rings is 1. The highest BCUT2D eigenvalue weighted by atomic mass is 16.2. The van der Waals surface area contributed by atoms with Gasteiger partial charge >= 0.3 is 11.7 Å². The van der Waals surface area contributed by atoms with Crippen LogP contribution < -0.4 is 11.0 Å². The van der Waals surface area contributed by atoms with Gasteiger partial charge in [-0.05, 0) is 31.9 Å². The van der Waals surface area contributed by atoms with Crippen molar-refractivity contribution in [2.75, 3.05) is 18.4 Å². The molecular weight excluding hydrogens is 284 g/mol. The number of aromatic nitrogens is 4. The fraction of sp³-hybridized carbons (Fsp3) is 0.429. The van der Waals surface area contributed by atoms with Gasteiger partial charge in [0.15, 0.2) is 0 Å². The summed E-state index contributed by atoms with van der Waals surface area (Å²) < 4.78 is 0. The molecule has 0 aromatic carbocycles. The van der Waals surface area contributed by atoms with E-state index >= 15 is 0 Å². The summed E-state index contributed by atoms with van der Waals surface area (Å²) in [5, 5.41) is 9.14. The topological polar surface area (TPSA) is 107 Å². The minimum Gasteiger partial charge on any atom is -0.324 e. The Morgan fingerprint density at radius 3 is 3.05 bits per heavy atom. The third-order valence-corrected chi connectivity index (χ3v) is 3.74. The van der Waals surface area contributed by atoms with E-state index in [1.165, 1.54) is 0 Å². The molecule has 3 N–H and O–H groups in total. The highest BCUT2D eigenvalue weighted by Crippen LogP contribution is 2.23. The van der Waals surface area contributed by atoms with Crippen LogP contribution >= 0.6 is 0 Å². The quantitative estimate of drug-likeness (QED) is 0.775. The first kappa shape index (κ1) is 14.3. The Balaban J connectivity index is 1.66. The van der Waals surface area contributed by atoms with Gasteiger partial charge < -0.3 is 4.90 Å². The summed E-state index contributed by atoms with van der Waals surface area (Å²) in [5.41, 5.74) is 0.531. The third kappa shape index (κ3) is 3.16. The Morgan fingerprint density at radius 2 is 2.32 bits per heavy atom. The molecule has 116 valence electrons. The molecule has 0 aliphatic carbocycles. The van der Waals surface area contributed by atoms with Crippen molar-refractivity contribution in [3.05, 3.63) is 40.2 Å². The van der Waals surface area contributed by atoms with Crippen LogP contribution in [0.5, 0.6) is 0 Å². The van der Waals surface area contributed by atoms with Gasteiger partial charge in [-0.2, -0.15) is 5.10 Å². The van der Waals surface area contributed by atoms with Crippen molar-refractivity contribution in [3.63, 3.8) is 0 Å². The first-order valence-electron chi connectivity index (χ1n) is 7.26. The van der Waals surface area contributed by atoms with Crippen LogP contribution in [-0.2, 0) is 0 Å². The van der Waals surface area contributed by atoms with Crippen LogP contribution in [0.25, 0.3) is 0 Å². The van der Waals surface area contributed by atoms with E-state index in [4.69, 9.17) is 0 Å². The SMILES string of the molecule is Cc1cccc(NC(=O)N2CCC[C@@H](c3n[nH]c(=O)[nH]3)C2)n1. The van der Waals surface area contributed by atoms with Crippen LogP contribution in [0.2, 0.25) is 0 Å². The van der Waals surface area contributed by atoms with E-state index in [1.54, 1.807) is 11.0 Å². The van der Waals surface area contributed by atoms with Gasteiger partial charge in [-0.3, -0.25) is 10.3 Å². The third-order valence-electron chi connectivity index (χ3n) is 3.74. The predicted molar refractivity (Wildman–Crippen MR) is 80.7 cm³/mol. The second kappa shape index (κ2) is 6.00. The van der Waals surface area contributed by atoms with Gasteiger partial charge in [0.2, 0.25) is 0 Å². The smallest absolute Gasteiger partial charge is 0.324 e. The second-order valence-corrected chi connectivity index (χ2v) is 5.44. The summed E-state index contributed by atoms with van der Waals surface area (Å²) in [4.78, 5) is 32.1. The van der Waals surface area contributed by atoms with Crippen molar-refractivity contribution in [1.29, 1.82) is 0 Å². The number of aromatic amines is 2. The van der Waals surface area contributed by atoms with Crippen molar-refractivity contribution in [2.24, 2.45) is 0 Å². The monoisotopic (exact) mass is 302 g/mol. The zero-order chi connectivity index (χ0) is 15.5. The molecule has 3 rings (SSSR count). The van der Waals surface area contributed by atoms with Gasteiger partial charge in [0.25, 0.3) is 0 Å². The molecular formula is C14H18N6O2. The van der Waals surface area contributed by atoms with E-state index in [0.717, 1.165) is 18.5 Å². The summed E-state index contributed by atoms with van der Waals surface area (Å²) in [5.74, 6) is 1.19. The summed E-state index contributed by atoms with van der Waals surface area (Å²) in [6.45, 7) is 3.09. The number of H-pyrrole nitrogens is 2. The van der Waals surface area contributed by atoms with Crippen LogP contribution in [-0.4, -0.2) is 44.2 Å². The summed E-state index contributed by atoms with van der Waals surface area (Å²) in [6, 6.07) is 5.31. The van der Waals surface area contributed by atoms with Crippen molar-refractivity contribution in [1.82, 2.24) is 25.1 Å². The molecule has 0 spiro atoms. The number of hydrogen-bond acceptors (Lipinski definition) is 4. The van der Waals surface area contributed by atoms with Gasteiger partial charge in [-0.1, -0.05) is 6.07 Å². The van der Waals surface area contributed by atoms with Crippen molar-refractivity contribution >= 4 is 11.8 Å². The summed E-state index contributed by atoms with van der Waals surface area (Å²) in [7, 11) is 0. The highest BCUT2D eigenvalue weighted by molar-refractivity contribution is 5.88. The van der Waals surface area contributed by atoms with E-state index in [2.05, 4.69) is 25.5 Å². The lowest BCUT2D eigenvalue weighted by Gasteiger charge is -2.31. The average molecular weight is 302 g/mol. The lowest BCUT2D eigenvalue weighted by atomic mass is 9.98. The lowest BCUT2D eigenvalue weighted by molar-refractivity contribution is 0.191. The number of urea groups is 1. The van der Waals surface area contributed by atoms with E-state index in [1.807, 2.05) is 19.1 Å². The number of nitrogens with one attached hydrogen (secondary N) is 3. The van der Waals surface area contributed by atoms with Crippen molar-refractivity contribution < 1.29 is 4.79 Å². The molecule has 1 aliphatic heterocycles. The summed E-state index contributed by atoms with van der Waals surface area (Å²) >= 11 is 0. The number of rotatable bonds is 2.